The van der Waals surface area contributed by atoms with Gasteiger partial charge in [-0.2, -0.15) is 0 Å². The summed E-state index contributed by atoms with van der Waals surface area (Å²) in [5.74, 6) is -0.0798. The Bertz CT molecular complexity index is 1260. The van der Waals surface area contributed by atoms with Crippen LogP contribution in [-0.4, -0.2) is 27.1 Å². The van der Waals surface area contributed by atoms with E-state index in [-0.39, 0.29) is 10.8 Å². The molecule has 5 heteroatoms. The number of carbonyl (C=O) groups excluding carboxylic acids is 1. The van der Waals surface area contributed by atoms with Gasteiger partial charge in [0.25, 0.3) is 5.91 Å². The molecule has 2 aliphatic rings. The molecule has 146 valence electrons. The summed E-state index contributed by atoms with van der Waals surface area (Å²) in [6.07, 6.45) is 3.80. The number of hydrogen-bond acceptors (Lipinski definition) is 3. The Morgan fingerprint density at radius 1 is 0.897 bits per heavy atom. The Hall–Kier alpha value is -2.92. The first-order chi connectivity index (χ1) is 13.9. The summed E-state index contributed by atoms with van der Waals surface area (Å²) in [4.78, 5) is 15.4. The van der Waals surface area contributed by atoms with Crippen molar-refractivity contribution >= 4 is 21.4 Å². The molecular formula is C24H21NO3S. The average molecular weight is 404 g/mol. The Labute approximate surface area is 170 Å². The molecule has 1 heterocycles. The van der Waals surface area contributed by atoms with Crippen molar-refractivity contribution in [3.05, 3.63) is 82.9 Å². The minimum absolute atomic E-state index is 0.0798. The quantitative estimate of drug-likeness (QED) is 0.503. The van der Waals surface area contributed by atoms with Crippen molar-refractivity contribution in [3.63, 3.8) is 0 Å². The van der Waals surface area contributed by atoms with E-state index in [1.165, 1.54) is 22.9 Å². The second-order valence-electron chi connectivity index (χ2n) is 7.83. The van der Waals surface area contributed by atoms with E-state index in [1.807, 2.05) is 36.4 Å². The van der Waals surface area contributed by atoms with Crippen LogP contribution in [0, 0.1) is 0 Å². The third kappa shape index (κ3) is 3.06. The molecule has 1 aliphatic heterocycles. The Morgan fingerprint density at radius 3 is 2.48 bits per heavy atom. The largest absolute Gasteiger partial charge is 0.308 e. The van der Waals surface area contributed by atoms with Crippen LogP contribution in [0.5, 0.6) is 0 Å². The molecule has 0 unspecified atom stereocenters. The van der Waals surface area contributed by atoms with Gasteiger partial charge >= 0.3 is 0 Å². The predicted octanol–water partition coefficient (Wildman–Crippen LogP) is 4.25. The average Bonchev–Trinajstić information content (AvgIpc) is 3.09. The highest BCUT2D eigenvalue weighted by Gasteiger charge is 2.27. The number of nitrogens with zero attached hydrogens (tertiary/aromatic N) is 1. The Balaban J connectivity index is 1.56. The number of amides is 1. The van der Waals surface area contributed by atoms with Gasteiger partial charge in [0.05, 0.1) is 4.90 Å². The fourth-order valence-electron chi connectivity index (χ4n) is 4.41. The lowest BCUT2D eigenvalue weighted by Crippen LogP contribution is -2.35. The van der Waals surface area contributed by atoms with Gasteiger partial charge in [-0.05, 0) is 71.3 Å². The molecule has 0 N–H and O–H groups in total. The van der Waals surface area contributed by atoms with Crippen molar-refractivity contribution in [1.29, 1.82) is 0 Å². The number of anilines is 1. The summed E-state index contributed by atoms with van der Waals surface area (Å²) in [5.41, 5.74) is 7.20. The van der Waals surface area contributed by atoms with Crippen LogP contribution in [0.4, 0.5) is 5.69 Å². The maximum atomic E-state index is 13.4. The summed E-state index contributed by atoms with van der Waals surface area (Å²) in [7, 11) is -3.33. The van der Waals surface area contributed by atoms with E-state index in [4.69, 9.17) is 0 Å². The number of hydrogen-bond donors (Lipinski definition) is 0. The molecule has 0 saturated carbocycles. The van der Waals surface area contributed by atoms with Crippen LogP contribution in [0.2, 0.25) is 0 Å². The van der Waals surface area contributed by atoms with E-state index in [9.17, 15) is 13.2 Å². The number of rotatable bonds is 2. The first kappa shape index (κ1) is 18.1. The lowest BCUT2D eigenvalue weighted by atomic mass is 9.99. The molecule has 0 fully saturated rings. The highest BCUT2D eigenvalue weighted by atomic mass is 32.2. The molecule has 29 heavy (non-hydrogen) atoms. The van der Waals surface area contributed by atoms with E-state index < -0.39 is 9.84 Å². The first-order valence-corrected chi connectivity index (χ1v) is 11.7. The van der Waals surface area contributed by atoms with Crippen molar-refractivity contribution in [1.82, 2.24) is 0 Å². The zero-order valence-corrected chi connectivity index (χ0v) is 17.0. The summed E-state index contributed by atoms with van der Waals surface area (Å²) in [5, 5.41) is 0. The molecule has 0 radical (unpaired) electrons. The Kier molecular flexibility index (Phi) is 4.10. The van der Waals surface area contributed by atoms with Gasteiger partial charge < -0.3 is 4.90 Å². The molecule has 1 amide bonds. The lowest BCUT2D eigenvalue weighted by molar-refractivity contribution is 0.0985. The third-order valence-electron chi connectivity index (χ3n) is 5.89. The van der Waals surface area contributed by atoms with Crippen LogP contribution in [0.3, 0.4) is 0 Å². The van der Waals surface area contributed by atoms with Crippen LogP contribution in [-0.2, 0) is 22.7 Å². The topological polar surface area (TPSA) is 54.5 Å². The summed E-state index contributed by atoms with van der Waals surface area (Å²) in [6.45, 7) is 0.590. The zero-order chi connectivity index (χ0) is 20.2. The van der Waals surface area contributed by atoms with Crippen LogP contribution in [0.15, 0.2) is 65.6 Å². The van der Waals surface area contributed by atoms with E-state index >= 15 is 0 Å². The molecule has 4 nitrogen and oxygen atoms in total. The van der Waals surface area contributed by atoms with Crippen molar-refractivity contribution < 1.29 is 13.2 Å². The van der Waals surface area contributed by atoms with Gasteiger partial charge in [0.15, 0.2) is 9.84 Å². The summed E-state index contributed by atoms with van der Waals surface area (Å²) < 4.78 is 24.0. The maximum absolute atomic E-state index is 13.4. The second kappa shape index (κ2) is 6.56. The fourth-order valence-corrected chi connectivity index (χ4v) is 5.05. The molecule has 3 aromatic rings. The van der Waals surface area contributed by atoms with Gasteiger partial charge in [-0.15, -0.1) is 0 Å². The van der Waals surface area contributed by atoms with Crippen molar-refractivity contribution in [3.8, 4) is 11.1 Å². The minimum Gasteiger partial charge on any atom is -0.308 e. The zero-order valence-electron chi connectivity index (χ0n) is 16.2. The molecule has 3 aromatic carbocycles. The molecule has 0 bridgehead atoms. The Morgan fingerprint density at radius 2 is 1.66 bits per heavy atom. The van der Waals surface area contributed by atoms with Crippen molar-refractivity contribution in [2.75, 3.05) is 17.7 Å². The SMILES string of the molecule is CS(=O)(=O)c1ccc2c(c1)N(C(=O)c1ccc3c(c1)-c1ccccc1C3)CCC2. The first-order valence-electron chi connectivity index (χ1n) is 9.78. The predicted molar refractivity (Wildman–Crippen MR) is 114 cm³/mol. The number of aryl methyl sites for hydroxylation is 1. The molecule has 0 spiro atoms. The van der Waals surface area contributed by atoms with Crippen LogP contribution in [0.1, 0.15) is 33.5 Å². The van der Waals surface area contributed by atoms with Crippen molar-refractivity contribution in [2.24, 2.45) is 0 Å². The summed E-state index contributed by atoms with van der Waals surface area (Å²) >= 11 is 0. The van der Waals surface area contributed by atoms with Crippen molar-refractivity contribution in [2.45, 2.75) is 24.2 Å². The van der Waals surface area contributed by atoms with E-state index in [2.05, 4.69) is 12.1 Å². The highest BCUT2D eigenvalue weighted by molar-refractivity contribution is 7.90. The van der Waals surface area contributed by atoms with Gasteiger partial charge in [0.1, 0.15) is 0 Å². The van der Waals surface area contributed by atoms with Crippen LogP contribution >= 0.6 is 0 Å². The number of carbonyl (C=O) groups is 1. The standard InChI is InChI=1S/C24H21NO3S/c1-29(27,28)20-11-10-16-6-4-12-25(23(16)15-20)24(26)19-9-8-18-13-17-5-2-3-7-21(17)22(18)14-19/h2-3,5,7-11,14-15H,4,6,12-13H2,1H3. The smallest absolute Gasteiger partial charge is 0.258 e. The molecular weight excluding hydrogens is 382 g/mol. The fraction of sp³-hybridized carbons (Fsp3) is 0.208. The van der Waals surface area contributed by atoms with Gasteiger partial charge in [-0.25, -0.2) is 8.42 Å². The summed E-state index contributed by atoms with van der Waals surface area (Å²) in [6, 6.07) is 19.3. The monoisotopic (exact) mass is 403 g/mol. The van der Waals surface area contributed by atoms with Crippen LogP contribution in [0.25, 0.3) is 11.1 Å². The number of benzene rings is 3. The van der Waals surface area contributed by atoms with Gasteiger partial charge in [0.2, 0.25) is 0 Å². The molecule has 0 atom stereocenters. The molecule has 0 aromatic heterocycles. The van der Waals surface area contributed by atoms with Gasteiger partial charge in [-0.3, -0.25) is 4.79 Å². The number of sulfone groups is 1. The van der Waals surface area contributed by atoms with Crippen LogP contribution < -0.4 is 4.90 Å². The minimum atomic E-state index is -3.33. The maximum Gasteiger partial charge on any atom is 0.258 e. The lowest BCUT2D eigenvalue weighted by Gasteiger charge is -2.30. The normalized spacial score (nSPS) is 14.9. The third-order valence-corrected chi connectivity index (χ3v) is 7.00. The molecule has 1 aliphatic carbocycles. The van der Waals surface area contributed by atoms with E-state index in [1.54, 1.807) is 17.0 Å². The van der Waals surface area contributed by atoms with E-state index in [0.29, 0.717) is 17.8 Å². The molecule has 5 rings (SSSR count). The highest BCUT2D eigenvalue weighted by Crippen LogP contribution is 2.38. The van der Waals surface area contributed by atoms with Gasteiger partial charge in [-0.1, -0.05) is 36.4 Å². The number of fused-ring (bicyclic) bond motifs is 4. The second-order valence-corrected chi connectivity index (χ2v) is 9.84. The molecule has 0 saturated heterocycles. The van der Waals surface area contributed by atoms with Gasteiger partial charge in [0, 0.05) is 24.1 Å². The van der Waals surface area contributed by atoms with E-state index in [0.717, 1.165) is 30.4 Å².